The van der Waals surface area contributed by atoms with Crippen molar-refractivity contribution >= 4 is 5.91 Å². The number of hydrogen-bond acceptors (Lipinski definition) is 16. The number of methoxy groups -OCH3 is 1. The molecule has 0 aromatic carbocycles. The fourth-order valence-electron chi connectivity index (χ4n) is 4.83. The highest BCUT2D eigenvalue weighted by molar-refractivity contribution is 5.73. The molecule has 3 fully saturated rings. The van der Waals surface area contributed by atoms with Crippen LogP contribution in [0.1, 0.15) is 6.92 Å². The van der Waals surface area contributed by atoms with Gasteiger partial charge in [0.25, 0.3) is 0 Å². The van der Waals surface area contributed by atoms with Gasteiger partial charge in [-0.2, -0.15) is 0 Å². The van der Waals surface area contributed by atoms with Crippen LogP contribution in [0.25, 0.3) is 0 Å². The summed E-state index contributed by atoms with van der Waals surface area (Å²) in [4.78, 5) is 11.5. The number of nitrogens with one attached hydrogen (secondary N) is 1. The zero-order valence-electron chi connectivity index (χ0n) is 20.9. The summed E-state index contributed by atoms with van der Waals surface area (Å²) in [6.07, 6.45) is -16.2. The van der Waals surface area contributed by atoms with Gasteiger partial charge in [0.2, 0.25) is 5.91 Å². The molecule has 3 aliphatic rings. The number of carbonyl (C=O) groups excluding carboxylic acids is 1. The van der Waals surface area contributed by atoms with E-state index in [4.69, 9.17) is 39.9 Å². The molecule has 17 heteroatoms. The van der Waals surface area contributed by atoms with Crippen LogP contribution in [0.2, 0.25) is 0 Å². The summed E-state index contributed by atoms with van der Waals surface area (Å²) in [6, 6.07) is -3.84. The van der Waals surface area contributed by atoms with Crippen molar-refractivity contribution in [3.8, 4) is 0 Å². The van der Waals surface area contributed by atoms with Crippen molar-refractivity contribution in [1.82, 2.24) is 5.32 Å². The summed E-state index contributed by atoms with van der Waals surface area (Å²) in [7, 11) is 1.31. The van der Waals surface area contributed by atoms with Gasteiger partial charge in [0.15, 0.2) is 18.9 Å². The SMILES string of the molecule is COC1C(CO)O[C@@H](OC2C(CO)OC(OC3C(CO)O[C@@H](O)C(NC(C)=O)C3O)C(N)[C@H]2O)C(N)C1O. The smallest absolute Gasteiger partial charge is 0.217 e. The van der Waals surface area contributed by atoms with Gasteiger partial charge in [0.05, 0.1) is 31.9 Å². The molecule has 0 aromatic rings. The van der Waals surface area contributed by atoms with E-state index in [1.54, 1.807) is 0 Å². The quantitative estimate of drug-likeness (QED) is 0.126. The molecule has 12 N–H and O–H groups in total. The largest absolute Gasteiger partial charge is 0.394 e. The lowest BCUT2D eigenvalue weighted by molar-refractivity contribution is -0.349. The monoisotopic (exact) mass is 557 g/mol. The summed E-state index contributed by atoms with van der Waals surface area (Å²) in [5.41, 5.74) is 12.2. The zero-order chi connectivity index (χ0) is 28.3. The van der Waals surface area contributed by atoms with E-state index in [0.717, 1.165) is 6.92 Å². The van der Waals surface area contributed by atoms with Gasteiger partial charge in [0.1, 0.15) is 61.0 Å². The number of aliphatic hydroxyl groups is 7. The van der Waals surface area contributed by atoms with Crippen molar-refractivity contribution in [2.75, 3.05) is 26.9 Å². The second-order valence-electron chi connectivity index (χ2n) is 9.45. The van der Waals surface area contributed by atoms with Crippen LogP contribution in [0.15, 0.2) is 0 Å². The van der Waals surface area contributed by atoms with Crippen LogP contribution >= 0.6 is 0 Å². The number of rotatable bonds is 9. The van der Waals surface area contributed by atoms with Crippen molar-refractivity contribution in [2.24, 2.45) is 11.5 Å². The molecule has 17 nitrogen and oxygen atoms in total. The third kappa shape index (κ3) is 6.43. The Morgan fingerprint density at radius 1 is 0.763 bits per heavy atom. The van der Waals surface area contributed by atoms with E-state index in [1.807, 2.05) is 0 Å². The number of carbonyl (C=O) groups is 1. The third-order valence-electron chi connectivity index (χ3n) is 6.90. The molecule has 0 aliphatic carbocycles. The third-order valence-corrected chi connectivity index (χ3v) is 6.90. The highest BCUT2D eigenvalue weighted by atomic mass is 16.7. The van der Waals surface area contributed by atoms with Gasteiger partial charge in [0, 0.05) is 14.0 Å². The molecule has 1 amide bonds. The van der Waals surface area contributed by atoms with Gasteiger partial charge in [-0.15, -0.1) is 0 Å². The molecule has 0 bridgehead atoms. The maximum Gasteiger partial charge on any atom is 0.217 e. The Balaban J connectivity index is 1.74. The van der Waals surface area contributed by atoms with Crippen molar-refractivity contribution in [3.05, 3.63) is 0 Å². The molecule has 0 saturated carbocycles. The van der Waals surface area contributed by atoms with E-state index in [-0.39, 0.29) is 0 Å². The van der Waals surface area contributed by atoms with Gasteiger partial charge in [-0.25, -0.2) is 0 Å². The first kappa shape index (κ1) is 31.4. The average molecular weight is 558 g/mol. The summed E-state index contributed by atoms with van der Waals surface area (Å²) < 4.78 is 33.2. The first-order valence-electron chi connectivity index (χ1n) is 12.1. The highest BCUT2D eigenvalue weighted by Gasteiger charge is 2.53. The molecule has 3 heterocycles. The molecule has 12 unspecified atom stereocenters. The lowest BCUT2D eigenvalue weighted by Crippen LogP contribution is -2.69. The van der Waals surface area contributed by atoms with Crippen LogP contribution in [0, 0.1) is 0 Å². The Bertz CT molecular complexity index is 765. The number of hydrogen-bond donors (Lipinski definition) is 10. The van der Waals surface area contributed by atoms with Crippen molar-refractivity contribution in [2.45, 2.75) is 98.9 Å². The summed E-state index contributed by atoms with van der Waals surface area (Å²) >= 11 is 0. The standard InChI is InChI=1S/C21H39N3O14/c1-6(28)24-12-15(31)18(8(4-26)34-19(12)32)38-21-11(23)14(30)17(9(5-27)36-21)37-20-10(22)13(29)16(33-2)7(3-25)35-20/h7-21,25-27,29-32H,3-5,22-23H2,1-2H3,(H,24,28)/t7?,8?,9?,10?,11?,12?,13?,14-,15?,16?,17?,18?,19-,20+,21?/m1/s1. The number of nitrogens with two attached hydrogens (primary N) is 2. The van der Waals surface area contributed by atoms with E-state index in [9.17, 15) is 40.5 Å². The molecule has 3 aliphatic heterocycles. The Labute approximate surface area is 218 Å². The van der Waals surface area contributed by atoms with Gasteiger partial charge in [-0.05, 0) is 0 Å². The molecule has 0 radical (unpaired) electrons. The second kappa shape index (κ2) is 13.5. The molecule has 222 valence electrons. The molecule has 15 atom stereocenters. The van der Waals surface area contributed by atoms with Gasteiger partial charge in [-0.1, -0.05) is 0 Å². The molecular formula is C21H39N3O14. The van der Waals surface area contributed by atoms with Crippen LogP contribution in [-0.2, 0) is 33.2 Å². The van der Waals surface area contributed by atoms with Crippen molar-refractivity contribution in [1.29, 1.82) is 0 Å². The fourth-order valence-corrected chi connectivity index (χ4v) is 4.83. The number of aliphatic hydroxyl groups excluding tert-OH is 7. The summed E-state index contributed by atoms with van der Waals surface area (Å²) in [5, 5.41) is 73.9. The minimum Gasteiger partial charge on any atom is -0.394 e. The lowest BCUT2D eigenvalue weighted by Gasteiger charge is -2.49. The minimum absolute atomic E-state index is 0.531. The Morgan fingerprint density at radius 3 is 1.63 bits per heavy atom. The van der Waals surface area contributed by atoms with E-state index >= 15 is 0 Å². The second-order valence-corrected chi connectivity index (χ2v) is 9.45. The van der Waals surface area contributed by atoms with Crippen molar-refractivity contribution < 1.29 is 69.0 Å². The predicted octanol–water partition coefficient (Wildman–Crippen LogP) is -6.84. The molecule has 38 heavy (non-hydrogen) atoms. The summed E-state index contributed by atoms with van der Waals surface area (Å²) in [6.45, 7) is -0.770. The van der Waals surface area contributed by atoms with Crippen LogP contribution in [0.4, 0.5) is 0 Å². The fraction of sp³-hybridized carbons (Fsp3) is 0.952. The van der Waals surface area contributed by atoms with Crippen LogP contribution in [0.3, 0.4) is 0 Å². The zero-order valence-corrected chi connectivity index (χ0v) is 20.9. The Morgan fingerprint density at radius 2 is 1.18 bits per heavy atom. The first-order chi connectivity index (χ1) is 18.0. The van der Waals surface area contributed by atoms with E-state index in [0.29, 0.717) is 0 Å². The van der Waals surface area contributed by atoms with Crippen LogP contribution < -0.4 is 16.8 Å². The molecule has 0 aromatic heterocycles. The number of ether oxygens (including phenoxy) is 6. The topological polar surface area (TPSA) is 278 Å². The Hall–Kier alpha value is -1.13. The van der Waals surface area contributed by atoms with E-state index < -0.39 is 118 Å². The van der Waals surface area contributed by atoms with Gasteiger partial charge < -0.3 is 81.0 Å². The normalized spacial score (nSPS) is 48.0. The van der Waals surface area contributed by atoms with Gasteiger partial charge >= 0.3 is 0 Å². The first-order valence-corrected chi connectivity index (χ1v) is 12.1. The predicted molar refractivity (Wildman–Crippen MR) is 122 cm³/mol. The van der Waals surface area contributed by atoms with Crippen LogP contribution in [0.5, 0.6) is 0 Å². The molecular weight excluding hydrogens is 518 g/mol. The van der Waals surface area contributed by atoms with E-state index in [2.05, 4.69) is 5.32 Å². The molecule has 3 saturated heterocycles. The van der Waals surface area contributed by atoms with Crippen LogP contribution in [-0.4, -0.2) is 161 Å². The minimum atomic E-state index is -1.66. The number of amides is 1. The maximum absolute atomic E-state index is 11.5. The summed E-state index contributed by atoms with van der Waals surface area (Å²) in [5.74, 6) is -0.576. The van der Waals surface area contributed by atoms with Crippen molar-refractivity contribution in [3.63, 3.8) is 0 Å². The highest BCUT2D eigenvalue weighted by Crippen LogP contribution is 2.31. The maximum atomic E-state index is 11.5. The molecule has 3 rings (SSSR count). The van der Waals surface area contributed by atoms with E-state index in [1.165, 1.54) is 7.11 Å². The average Bonchev–Trinajstić information content (AvgIpc) is 2.89. The Kier molecular flexibility index (Phi) is 11.1. The van der Waals surface area contributed by atoms with Gasteiger partial charge in [-0.3, -0.25) is 4.79 Å². The lowest BCUT2D eigenvalue weighted by atomic mass is 9.94. The molecule has 0 spiro atoms.